The van der Waals surface area contributed by atoms with E-state index < -0.39 is 13.9 Å². The van der Waals surface area contributed by atoms with Crippen LogP contribution in [-0.2, 0) is 7.53 Å². The van der Waals surface area contributed by atoms with Crippen molar-refractivity contribution in [3.05, 3.63) is 0 Å². The van der Waals surface area contributed by atoms with E-state index in [-0.39, 0.29) is 0 Å². The van der Waals surface area contributed by atoms with Crippen LogP contribution in [0, 0.1) is 0 Å². The molecule has 0 unspecified atom stereocenters. The van der Waals surface area contributed by atoms with Crippen LogP contribution in [0.15, 0.2) is 0 Å². The SMILES string of the molecule is C[CH2][Ge]12[CH2]CCN(CC[O]1)CC[O]2. The Labute approximate surface area is 83.4 Å². The Kier molecular flexibility index (Phi) is 3.29. The van der Waals surface area contributed by atoms with Gasteiger partial charge in [-0.2, -0.15) is 0 Å². The fourth-order valence-corrected chi connectivity index (χ4v) is 7.98. The number of hydrogen-bond acceptors (Lipinski definition) is 3. The van der Waals surface area contributed by atoms with Crippen molar-refractivity contribution < 1.29 is 7.53 Å². The molecule has 0 aliphatic carbocycles. The number of hydrogen-bond donors (Lipinski definition) is 0. The van der Waals surface area contributed by atoms with Gasteiger partial charge in [0.15, 0.2) is 0 Å². The molecule has 3 heterocycles. The molecule has 0 atom stereocenters. The second-order valence-electron chi connectivity index (χ2n) is 3.91. The number of rotatable bonds is 1. The first-order valence-electron chi connectivity index (χ1n) is 5.35. The molecule has 0 N–H and O–H groups in total. The molecular weight excluding hydrogens is 227 g/mol. The molecule has 0 radical (unpaired) electrons. The van der Waals surface area contributed by atoms with E-state index in [0.29, 0.717) is 0 Å². The van der Waals surface area contributed by atoms with Gasteiger partial charge in [-0.15, -0.1) is 0 Å². The standard InChI is InChI=1S/C9H19GeNO2/c1-2-10-4-3-5-11(6-8-12-10)7-9-13-10/h2-9H2,1H3. The van der Waals surface area contributed by atoms with Crippen molar-refractivity contribution in [1.82, 2.24) is 4.90 Å². The molecule has 3 fully saturated rings. The second kappa shape index (κ2) is 4.30. The summed E-state index contributed by atoms with van der Waals surface area (Å²) < 4.78 is 12.0. The summed E-state index contributed by atoms with van der Waals surface area (Å²) in [5, 5.41) is 2.41. The van der Waals surface area contributed by atoms with Gasteiger partial charge in [-0.05, 0) is 0 Å². The first-order valence-corrected chi connectivity index (χ1v) is 10.0. The average Bonchev–Trinajstić information content (AvgIpc) is 2.01. The quantitative estimate of drug-likeness (QED) is 0.649. The van der Waals surface area contributed by atoms with Crippen LogP contribution in [0.3, 0.4) is 0 Å². The van der Waals surface area contributed by atoms with Gasteiger partial charge in [0.1, 0.15) is 0 Å². The zero-order chi connectivity index (χ0) is 9.15. The van der Waals surface area contributed by atoms with E-state index in [1.165, 1.54) is 23.5 Å². The Morgan fingerprint density at radius 1 is 1.15 bits per heavy atom. The van der Waals surface area contributed by atoms with Gasteiger partial charge in [0.05, 0.1) is 0 Å². The van der Waals surface area contributed by atoms with Crippen LogP contribution in [0.1, 0.15) is 13.3 Å². The molecule has 3 rings (SSSR count). The van der Waals surface area contributed by atoms with E-state index >= 15 is 0 Å². The molecule has 4 heteroatoms. The molecule has 13 heavy (non-hydrogen) atoms. The third kappa shape index (κ3) is 2.26. The van der Waals surface area contributed by atoms with Gasteiger partial charge in [-0.25, -0.2) is 0 Å². The van der Waals surface area contributed by atoms with Gasteiger partial charge in [-0.3, -0.25) is 0 Å². The van der Waals surface area contributed by atoms with E-state index in [2.05, 4.69) is 11.8 Å². The summed E-state index contributed by atoms with van der Waals surface area (Å²) in [4.78, 5) is 2.46. The first-order chi connectivity index (χ1) is 6.35. The summed E-state index contributed by atoms with van der Waals surface area (Å²) in [5.41, 5.74) is 0. The zero-order valence-corrected chi connectivity index (χ0v) is 10.5. The molecule has 3 aliphatic rings. The van der Waals surface area contributed by atoms with E-state index in [9.17, 15) is 0 Å². The third-order valence-electron chi connectivity index (χ3n) is 3.12. The van der Waals surface area contributed by atoms with Gasteiger partial charge in [0, 0.05) is 0 Å². The van der Waals surface area contributed by atoms with E-state index in [0.717, 1.165) is 26.3 Å². The van der Waals surface area contributed by atoms with Gasteiger partial charge in [0.25, 0.3) is 0 Å². The van der Waals surface area contributed by atoms with Crippen molar-refractivity contribution in [2.75, 3.05) is 32.8 Å². The summed E-state index contributed by atoms with van der Waals surface area (Å²) >= 11 is -2.25. The van der Waals surface area contributed by atoms with E-state index in [1.54, 1.807) is 0 Å². The molecule has 3 nitrogen and oxygen atoms in total. The summed E-state index contributed by atoms with van der Waals surface area (Å²) in [6.45, 7) is 7.56. The van der Waals surface area contributed by atoms with E-state index in [1.807, 2.05) is 0 Å². The summed E-state index contributed by atoms with van der Waals surface area (Å²) in [5.74, 6) is 0. The zero-order valence-electron chi connectivity index (χ0n) is 8.42. The Balaban J connectivity index is 2.07. The first kappa shape index (κ1) is 9.96. The monoisotopic (exact) mass is 247 g/mol. The number of nitrogens with zero attached hydrogens (tertiary/aromatic N) is 1. The van der Waals surface area contributed by atoms with Crippen molar-refractivity contribution in [2.45, 2.75) is 23.9 Å². The maximum absolute atomic E-state index is 6.01. The molecule has 3 saturated heterocycles. The molecule has 0 saturated carbocycles. The van der Waals surface area contributed by atoms with Gasteiger partial charge in [0.2, 0.25) is 0 Å². The molecule has 0 aromatic heterocycles. The van der Waals surface area contributed by atoms with E-state index in [4.69, 9.17) is 7.53 Å². The van der Waals surface area contributed by atoms with Crippen LogP contribution in [-0.4, -0.2) is 51.7 Å². The molecular formula is C9H19GeNO2. The van der Waals surface area contributed by atoms with Crippen molar-refractivity contribution >= 4 is 13.9 Å². The van der Waals surface area contributed by atoms with Gasteiger partial charge in [-0.1, -0.05) is 0 Å². The topological polar surface area (TPSA) is 21.7 Å². The summed E-state index contributed by atoms with van der Waals surface area (Å²) in [7, 11) is 0. The maximum atomic E-state index is 6.01. The fraction of sp³-hybridized carbons (Fsp3) is 1.00. The van der Waals surface area contributed by atoms with Crippen molar-refractivity contribution in [2.24, 2.45) is 0 Å². The van der Waals surface area contributed by atoms with Crippen LogP contribution in [0.25, 0.3) is 0 Å². The molecule has 0 amide bonds. The molecule has 0 aromatic carbocycles. The Hall–Kier alpha value is 0.423. The molecule has 2 bridgehead atoms. The Bertz CT molecular complexity index is 150. The van der Waals surface area contributed by atoms with Crippen LogP contribution < -0.4 is 0 Å². The molecule has 0 spiro atoms. The summed E-state index contributed by atoms with van der Waals surface area (Å²) in [6.07, 6.45) is 1.29. The fourth-order valence-electron chi connectivity index (χ4n) is 2.20. The van der Waals surface area contributed by atoms with Crippen molar-refractivity contribution in [1.29, 1.82) is 0 Å². The van der Waals surface area contributed by atoms with Gasteiger partial charge >= 0.3 is 83.1 Å². The summed E-state index contributed by atoms with van der Waals surface area (Å²) in [6, 6.07) is 0. The van der Waals surface area contributed by atoms with Crippen LogP contribution in [0.5, 0.6) is 0 Å². The molecule has 0 aromatic rings. The van der Waals surface area contributed by atoms with Crippen molar-refractivity contribution in [3.8, 4) is 0 Å². The molecule has 76 valence electrons. The minimum absolute atomic E-state index is 0.911. The van der Waals surface area contributed by atoms with Crippen LogP contribution in [0.2, 0.25) is 10.5 Å². The minimum atomic E-state index is -2.25. The molecule has 3 aliphatic heterocycles. The second-order valence-corrected chi connectivity index (χ2v) is 11.5. The van der Waals surface area contributed by atoms with Crippen molar-refractivity contribution in [3.63, 3.8) is 0 Å². The Morgan fingerprint density at radius 2 is 1.85 bits per heavy atom. The Morgan fingerprint density at radius 3 is 2.46 bits per heavy atom. The normalized spacial score (nSPS) is 40.8. The van der Waals surface area contributed by atoms with Crippen LogP contribution in [0.4, 0.5) is 0 Å². The number of fused-ring (bicyclic) bond motifs is 6. The average molecular weight is 246 g/mol. The predicted octanol–water partition coefficient (Wildman–Crippen LogP) is 1.20. The van der Waals surface area contributed by atoms with Gasteiger partial charge < -0.3 is 0 Å². The van der Waals surface area contributed by atoms with Crippen LogP contribution >= 0.6 is 0 Å². The predicted molar refractivity (Wildman–Crippen MR) is 54.0 cm³/mol. The third-order valence-corrected chi connectivity index (χ3v) is 10.8.